The minimum Gasteiger partial charge on any atom is -0.467 e. The summed E-state index contributed by atoms with van der Waals surface area (Å²) in [5.41, 5.74) is 2.45. The molecule has 0 bridgehead atoms. The fourth-order valence-corrected chi connectivity index (χ4v) is 3.89. The number of carbonyl (C=O) groups is 1. The minimum absolute atomic E-state index is 0.0520. The van der Waals surface area contributed by atoms with Crippen LogP contribution in [0.4, 0.5) is 4.79 Å². The zero-order valence-electron chi connectivity index (χ0n) is 16.1. The molecular weight excluding hydrogens is 386 g/mol. The highest BCUT2D eigenvalue weighted by Gasteiger charge is 2.28. The van der Waals surface area contributed by atoms with E-state index in [-0.39, 0.29) is 12.1 Å². The lowest BCUT2D eigenvalue weighted by Gasteiger charge is -2.39. The Balaban J connectivity index is 1.42. The minimum atomic E-state index is -0.0520. The van der Waals surface area contributed by atoms with Crippen LogP contribution in [0, 0.1) is 0 Å². The molecule has 1 unspecified atom stereocenters. The molecule has 1 aromatic heterocycles. The van der Waals surface area contributed by atoms with E-state index in [2.05, 4.69) is 46.6 Å². The van der Waals surface area contributed by atoms with E-state index in [1.807, 2.05) is 35.2 Å². The smallest absolute Gasteiger partial charge is 0.317 e. The molecule has 2 aromatic carbocycles. The lowest BCUT2D eigenvalue weighted by molar-refractivity contribution is 0.120. The number of amides is 2. The van der Waals surface area contributed by atoms with E-state index in [0.717, 1.165) is 23.9 Å². The molecule has 4 rings (SSSR count). The number of carbonyl (C=O) groups excluding carboxylic acids is 1. The standard InChI is InChI=1S/C23H24ClN3O2/c24-20-10-8-19(9-11-20)22(18-5-2-1-3-6-18)26-12-14-27(15-13-26)23(28)25-17-21-7-4-16-29-21/h1-11,16,22H,12-15,17H2,(H,25,28). The summed E-state index contributed by atoms with van der Waals surface area (Å²) in [6, 6.07) is 22.3. The Morgan fingerprint density at radius 2 is 1.62 bits per heavy atom. The van der Waals surface area contributed by atoms with E-state index in [1.165, 1.54) is 11.1 Å². The molecule has 2 heterocycles. The fraction of sp³-hybridized carbons (Fsp3) is 0.261. The van der Waals surface area contributed by atoms with Gasteiger partial charge >= 0.3 is 6.03 Å². The maximum Gasteiger partial charge on any atom is 0.317 e. The fourth-order valence-electron chi connectivity index (χ4n) is 3.77. The van der Waals surface area contributed by atoms with E-state index < -0.39 is 0 Å². The van der Waals surface area contributed by atoms with Crippen molar-refractivity contribution in [2.45, 2.75) is 12.6 Å². The van der Waals surface area contributed by atoms with Crippen molar-refractivity contribution in [3.05, 3.63) is 94.9 Å². The van der Waals surface area contributed by atoms with Gasteiger partial charge < -0.3 is 14.6 Å². The van der Waals surface area contributed by atoms with Gasteiger partial charge in [0.15, 0.2) is 0 Å². The van der Waals surface area contributed by atoms with Crippen molar-refractivity contribution in [3.8, 4) is 0 Å². The van der Waals surface area contributed by atoms with Crippen LogP contribution in [0.3, 0.4) is 0 Å². The number of rotatable bonds is 5. The predicted octanol–water partition coefficient (Wildman–Crippen LogP) is 4.55. The summed E-state index contributed by atoms with van der Waals surface area (Å²) in [5.74, 6) is 0.754. The zero-order chi connectivity index (χ0) is 20.1. The van der Waals surface area contributed by atoms with Gasteiger partial charge in [0.25, 0.3) is 0 Å². The van der Waals surface area contributed by atoms with Crippen LogP contribution in [-0.4, -0.2) is 42.0 Å². The molecule has 2 amide bonds. The Morgan fingerprint density at radius 3 is 2.28 bits per heavy atom. The average molecular weight is 410 g/mol. The van der Waals surface area contributed by atoms with Crippen LogP contribution in [0.25, 0.3) is 0 Å². The molecule has 1 saturated heterocycles. The molecule has 6 heteroatoms. The van der Waals surface area contributed by atoms with Gasteiger partial charge in [0.2, 0.25) is 0 Å². The van der Waals surface area contributed by atoms with Gasteiger partial charge in [-0.1, -0.05) is 54.1 Å². The van der Waals surface area contributed by atoms with Crippen LogP contribution < -0.4 is 5.32 Å². The third-order valence-electron chi connectivity index (χ3n) is 5.26. The third-order valence-corrected chi connectivity index (χ3v) is 5.51. The second-order valence-corrected chi connectivity index (χ2v) is 7.56. The first-order valence-corrected chi connectivity index (χ1v) is 10.2. The van der Waals surface area contributed by atoms with Crippen molar-refractivity contribution in [3.63, 3.8) is 0 Å². The molecule has 1 atom stereocenters. The van der Waals surface area contributed by atoms with Crippen molar-refractivity contribution in [2.24, 2.45) is 0 Å². The average Bonchev–Trinajstić information content (AvgIpc) is 3.29. The number of hydrogen-bond donors (Lipinski definition) is 1. The van der Waals surface area contributed by atoms with Gasteiger partial charge in [0, 0.05) is 31.2 Å². The van der Waals surface area contributed by atoms with E-state index in [1.54, 1.807) is 6.26 Å². The molecule has 0 spiro atoms. The normalized spacial score (nSPS) is 15.8. The number of halogens is 1. The third kappa shape index (κ3) is 4.81. The highest BCUT2D eigenvalue weighted by Crippen LogP contribution is 2.30. The first-order valence-electron chi connectivity index (χ1n) is 9.80. The van der Waals surface area contributed by atoms with Crippen LogP contribution in [-0.2, 0) is 6.54 Å². The topological polar surface area (TPSA) is 48.7 Å². The van der Waals surface area contributed by atoms with Gasteiger partial charge in [0.1, 0.15) is 5.76 Å². The summed E-state index contributed by atoms with van der Waals surface area (Å²) in [6.07, 6.45) is 1.61. The van der Waals surface area contributed by atoms with Crippen LogP contribution in [0.15, 0.2) is 77.4 Å². The summed E-state index contributed by atoms with van der Waals surface area (Å²) < 4.78 is 5.28. The lowest BCUT2D eigenvalue weighted by Crippen LogP contribution is -2.52. The summed E-state index contributed by atoms with van der Waals surface area (Å²) in [7, 11) is 0. The Morgan fingerprint density at radius 1 is 0.931 bits per heavy atom. The zero-order valence-corrected chi connectivity index (χ0v) is 16.9. The summed E-state index contributed by atoms with van der Waals surface area (Å²) in [4.78, 5) is 16.8. The first kappa shape index (κ1) is 19.6. The predicted molar refractivity (Wildman–Crippen MR) is 114 cm³/mol. The number of nitrogens with zero attached hydrogens (tertiary/aromatic N) is 2. The Labute approximate surface area is 175 Å². The van der Waals surface area contributed by atoms with Gasteiger partial charge in [0.05, 0.1) is 18.8 Å². The molecule has 1 aliphatic heterocycles. The quantitative estimate of drug-likeness (QED) is 0.672. The summed E-state index contributed by atoms with van der Waals surface area (Å²) in [6.45, 7) is 3.37. The number of furan rings is 1. The van der Waals surface area contributed by atoms with Crippen molar-refractivity contribution in [1.82, 2.24) is 15.1 Å². The number of urea groups is 1. The highest BCUT2D eigenvalue weighted by atomic mass is 35.5. The Bertz CT molecular complexity index is 905. The highest BCUT2D eigenvalue weighted by molar-refractivity contribution is 6.30. The first-order chi connectivity index (χ1) is 14.2. The van der Waals surface area contributed by atoms with E-state index in [9.17, 15) is 4.79 Å². The van der Waals surface area contributed by atoms with Crippen LogP contribution in [0.2, 0.25) is 5.02 Å². The van der Waals surface area contributed by atoms with E-state index in [4.69, 9.17) is 16.0 Å². The Hall–Kier alpha value is -2.76. The lowest BCUT2D eigenvalue weighted by atomic mass is 9.96. The van der Waals surface area contributed by atoms with Gasteiger partial charge in [-0.2, -0.15) is 0 Å². The number of hydrogen-bond acceptors (Lipinski definition) is 3. The summed E-state index contributed by atoms with van der Waals surface area (Å²) in [5, 5.41) is 3.66. The molecule has 5 nitrogen and oxygen atoms in total. The summed E-state index contributed by atoms with van der Waals surface area (Å²) >= 11 is 6.10. The van der Waals surface area contributed by atoms with Crippen LogP contribution in [0.1, 0.15) is 22.9 Å². The van der Waals surface area contributed by atoms with Crippen LogP contribution in [0.5, 0.6) is 0 Å². The second-order valence-electron chi connectivity index (χ2n) is 7.13. The van der Waals surface area contributed by atoms with Gasteiger partial charge in [-0.3, -0.25) is 4.90 Å². The largest absolute Gasteiger partial charge is 0.467 e. The molecule has 1 N–H and O–H groups in total. The molecule has 1 fully saturated rings. The van der Waals surface area contributed by atoms with Crippen molar-refractivity contribution in [2.75, 3.05) is 26.2 Å². The van der Waals surface area contributed by atoms with Gasteiger partial charge in [-0.05, 0) is 35.4 Å². The van der Waals surface area contributed by atoms with E-state index >= 15 is 0 Å². The molecule has 150 valence electrons. The number of piperazine rings is 1. The number of nitrogens with one attached hydrogen (secondary N) is 1. The molecule has 3 aromatic rings. The molecular formula is C23H24ClN3O2. The number of benzene rings is 2. The molecule has 29 heavy (non-hydrogen) atoms. The van der Waals surface area contributed by atoms with E-state index in [0.29, 0.717) is 19.6 Å². The molecule has 0 saturated carbocycles. The Kier molecular flexibility index (Phi) is 6.17. The second kappa shape index (κ2) is 9.16. The molecule has 1 aliphatic rings. The maximum atomic E-state index is 12.5. The van der Waals surface area contributed by atoms with Gasteiger partial charge in [-0.15, -0.1) is 0 Å². The molecule has 0 radical (unpaired) electrons. The van der Waals surface area contributed by atoms with Gasteiger partial charge in [-0.25, -0.2) is 4.79 Å². The SMILES string of the molecule is O=C(NCc1ccco1)N1CCN(C(c2ccccc2)c2ccc(Cl)cc2)CC1. The monoisotopic (exact) mass is 409 g/mol. The van der Waals surface area contributed by atoms with Crippen molar-refractivity contribution in [1.29, 1.82) is 0 Å². The van der Waals surface area contributed by atoms with Crippen LogP contribution >= 0.6 is 11.6 Å². The maximum absolute atomic E-state index is 12.5. The van der Waals surface area contributed by atoms with Crippen molar-refractivity contribution >= 4 is 17.6 Å². The molecule has 0 aliphatic carbocycles. The van der Waals surface area contributed by atoms with Crippen molar-refractivity contribution < 1.29 is 9.21 Å².